The van der Waals surface area contributed by atoms with Gasteiger partial charge in [-0.1, -0.05) is 30.3 Å². The zero-order chi connectivity index (χ0) is 18.8. The summed E-state index contributed by atoms with van der Waals surface area (Å²) in [6.07, 6.45) is -2.44. The summed E-state index contributed by atoms with van der Waals surface area (Å²) >= 11 is 0. The number of carbonyl (C=O) groups is 1. The highest BCUT2D eigenvalue weighted by Crippen LogP contribution is 2.35. The summed E-state index contributed by atoms with van der Waals surface area (Å²) in [6, 6.07) is 7.38. The van der Waals surface area contributed by atoms with E-state index in [2.05, 4.69) is 0 Å². The van der Waals surface area contributed by atoms with E-state index in [4.69, 9.17) is 10.5 Å². The SMILES string of the molecule is CC(C)(C)OC(=O)N1CC(F)(F)C[C@@H]1[C@@H](O)[C@@H](N)Cc1ccccc1. The van der Waals surface area contributed by atoms with Gasteiger partial charge in [0.05, 0.1) is 18.7 Å². The molecule has 5 nitrogen and oxygen atoms in total. The molecule has 0 saturated carbocycles. The molecule has 1 aliphatic heterocycles. The predicted octanol–water partition coefficient (Wildman–Crippen LogP) is 2.56. The van der Waals surface area contributed by atoms with Gasteiger partial charge in [0.15, 0.2) is 0 Å². The fourth-order valence-electron chi connectivity index (χ4n) is 2.97. The van der Waals surface area contributed by atoms with Gasteiger partial charge in [-0.3, -0.25) is 4.90 Å². The second kappa shape index (κ2) is 7.25. The van der Waals surface area contributed by atoms with Crippen LogP contribution in [0.1, 0.15) is 32.8 Å². The fraction of sp³-hybridized carbons (Fsp3) is 0.611. The third-order valence-electron chi connectivity index (χ3n) is 4.08. The number of aliphatic hydroxyl groups is 1. The first-order chi connectivity index (χ1) is 11.5. The minimum Gasteiger partial charge on any atom is -0.444 e. The van der Waals surface area contributed by atoms with Gasteiger partial charge in [0, 0.05) is 12.5 Å². The molecule has 1 aliphatic rings. The normalized spacial score (nSPS) is 22.5. The van der Waals surface area contributed by atoms with Gasteiger partial charge in [-0.05, 0) is 32.8 Å². The summed E-state index contributed by atoms with van der Waals surface area (Å²) in [5.41, 5.74) is 6.12. The second-order valence-corrected chi connectivity index (χ2v) is 7.58. The third kappa shape index (κ3) is 5.37. The van der Waals surface area contributed by atoms with Gasteiger partial charge in [0.2, 0.25) is 0 Å². The fourth-order valence-corrected chi connectivity index (χ4v) is 2.97. The summed E-state index contributed by atoms with van der Waals surface area (Å²) in [5, 5.41) is 10.5. The number of carbonyl (C=O) groups excluding carboxylic acids is 1. The second-order valence-electron chi connectivity index (χ2n) is 7.58. The average Bonchev–Trinajstić information content (AvgIpc) is 2.82. The van der Waals surface area contributed by atoms with Crippen LogP contribution in [0.15, 0.2) is 30.3 Å². The molecule has 7 heteroatoms. The lowest BCUT2D eigenvalue weighted by Gasteiger charge is -2.32. The first-order valence-electron chi connectivity index (χ1n) is 8.33. The maximum atomic E-state index is 13.9. The van der Waals surface area contributed by atoms with Crippen LogP contribution in [0.25, 0.3) is 0 Å². The number of likely N-dealkylation sites (tertiary alicyclic amines) is 1. The number of hydrogen-bond donors (Lipinski definition) is 2. The minimum atomic E-state index is -3.07. The molecule has 1 saturated heterocycles. The summed E-state index contributed by atoms with van der Waals surface area (Å²) in [7, 11) is 0. The molecular weight excluding hydrogens is 330 g/mol. The van der Waals surface area contributed by atoms with Crippen molar-refractivity contribution in [2.75, 3.05) is 6.54 Å². The smallest absolute Gasteiger partial charge is 0.410 e. The molecule has 0 aliphatic carbocycles. The maximum absolute atomic E-state index is 13.9. The van der Waals surface area contributed by atoms with Gasteiger partial charge in [-0.25, -0.2) is 13.6 Å². The van der Waals surface area contributed by atoms with E-state index in [0.717, 1.165) is 10.5 Å². The van der Waals surface area contributed by atoms with Crippen LogP contribution in [0.2, 0.25) is 0 Å². The van der Waals surface area contributed by atoms with Crippen molar-refractivity contribution in [2.24, 2.45) is 5.73 Å². The van der Waals surface area contributed by atoms with Gasteiger partial charge in [0.1, 0.15) is 5.60 Å². The van der Waals surface area contributed by atoms with Crippen molar-refractivity contribution < 1.29 is 23.4 Å². The van der Waals surface area contributed by atoms with Crippen molar-refractivity contribution in [1.82, 2.24) is 4.90 Å². The molecule has 25 heavy (non-hydrogen) atoms. The Kier molecular flexibility index (Phi) is 5.68. The Labute approximate surface area is 146 Å². The lowest BCUT2D eigenvalue weighted by atomic mass is 9.95. The van der Waals surface area contributed by atoms with Crippen LogP contribution in [0.3, 0.4) is 0 Å². The van der Waals surface area contributed by atoms with E-state index < -0.39 is 48.8 Å². The van der Waals surface area contributed by atoms with E-state index in [-0.39, 0.29) is 0 Å². The molecule has 0 spiro atoms. The lowest BCUT2D eigenvalue weighted by molar-refractivity contribution is -0.00584. The maximum Gasteiger partial charge on any atom is 0.410 e. The highest BCUT2D eigenvalue weighted by atomic mass is 19.3. The number of alkyl halides is 2. The Balaban J connectivity index is 2.11. The van der Waals surface area contributed by atoms with Gasteiger partial charge in [0.25, 0.3) is 5.92 Å². The molecule has 3 N–H and O–H groups in total. The van der Waals surface area contributed by atoms with Crippen LogP contribution in [0, 0.1) is 0 Å². The van der Waals surface area contributed by atoms with E-state index in [0.29, 0.717) is 6.42 Å². The van der Waals surface area contributed by atoms with Crippen LogP contribution >= 0.6 is 0 Å². The van der Waals surface area contributed by atoms with Gasteiger partial charge < -0.3 is 15.6 Å². The lowest BCUT2D eigenvalue weighted by Crippen LogP contribution is -2.52. The van der Waals surface area contributed by atoms with Crippen LogP contribution < -0.4 is 5.73 Å². The minimum absolute atomic E-state index is 0.326. The van der Waals surface area contributed by atoms with Crippen molar-refractivity contribution in [3.8, 4) is 0 Å². The number of nitrogens with two attached hydrogens (primary N) is 1. The zero-order valence-corrected chi connectivity index (χ0v) is 14.8. The Bertz CT molecular complexity index is 590. The molecule has 140 valence electrons. The third-order valence-corrected chi connectivity index (χ3v) is 4.08. The standard InChI is InChI=1S/C18H26F2N2O3/c1-17(2,3)25-16(24)22-11-18(19,20)10-14(22)15(23)13(21)9-12-7-5-4-6-8-12/h4-8,13-15,23H,9-11,21H2,1-3H3/t13-,14+,15-/m0/s1. The average molecular weight is 356 g/mol. The predicted molar refractivity (Wildman–Crippen MR) is 90.4 cm³/mol. The van der Waals surface area contributed by atoms with Crippen molar-refractivity contribution in [3.63, 3.8) is 0 Å². The molecule has 0 bridgehead atoms. The number of aliphatic hydroxyl groups excluding tert-OH is 1. The molecule has 2 rings (SSSR count). The van der Waals surface area contributed by atoms with Crippen molar-refractivity contribution in [2.45, 2.75) is 63.3 Å². The molecule has 1 aromatic carbocycles. The van der Waals surface area contributed by atoms with E-state index in [1.807, 2.05) is 30.3 Å². The number of benzene rings is 1. The van der Waals surface area contributed by atoms with E-state index >= 15 is 0 Å². The van der Waals surface area contributed by atoms with Crippen LogP contribution in [0.4, 0.5) is 13.6 Å². The molecule has 3 atom stereocenters. The number of halogens is 2. The van der Waals surface area contributed by atoms with Crippen molar-refractivity contribution >= 4 is 6.09 Å². The highest BCUT2D eigenvalue weighted by molar-refractivity contribution is 5.69. The highest BCUT2D eigenvalue weighted by Gasteiger charge is 2.51. The topological polar surface area (TPSA) is 75.8 Å². The summed E-state index contributed by atoms with van der Waals surface area (Å²) < 4.78 is 33.0. The van der Waals surface area contributed by atoms with E-state index in [1.165, 1.54) is 0 Å². The number of hydrogen-bond acceptors (Lipinski definition) is 4. The Morgan fingerprint density at radius 1 is 1.40 bits per heavy atom. The number of amides is 1. The molecule has 0 aromatic heterocycles. The van der Waals surface area contributed by atoms with Crippen LogP contribution in [-0.4, -0.2) is 52.4 Å². The quantitative estimate of drug-likeness (QED) is 0.869. The number of rotatable bonds is 4. The van der Waals surface area contributed by atoms with Crippen LogP contribution in [0.5, 0.6) is 0 Å². The molecule has 0 radical (unpaired) electrons. The van der Waals surface area contributed by atoms with Crippen LogP contribution in [-0.2, 0) is 11.2 Å². The van der Waals surface area contributed by atoms with Gasteiger partial charge >= 0.3 is 6.09 Å². The molecule has 1 amide bonds. The Hall–Kier alpha value is -1.73. The number of ether oxygens (including phenoxy) is 1. The largest absolute Gasteiger partial charge is 0.444 e. The first-order valence-corrected chi connectivity index (χ1v) is 8.33. The Morgan fingerprint density at radius 3 is 2.56 bits per heavy atom. The summed E-state index contributed by atoms with van der Waals surface area (Å²) in [6.45, 7) is 4.20. The number of nitrogens with zero attached hydrogens (tertiary/aromatic N) is 1. The summed E-state index contributed by atoms with van der Waals surface area (Å²) in [5.74, 6) is -3.07. The molecule has 1 heterocycles. The molecular formula is C18H26F2N2O3. The van der Waals surface area contributed by atoms with Crippen molar-refractivity contribution in [3.05, 3.63) is 35.9 Å². The molecule has 1 fully saturated rings. The molecule has 1 aromatic rings. The van der Waals surface area contributed by atoms with E-state index in [1.54, 1.807) is 20.8 Å². The Morgan fingerprint density at radius 2 is 2.00 bits per heavy atom. The van der Waals surface area contributed by atoms with Crippen molar-refractivity contribution in [1.29, 1.82) is 0 Å². The molecule has 0 unspecified atom stereocenters. The zero-order valence-electron chi connectivity index (χ0n) is 14.8. The van der Waals surface area contributed by atoms with E-state index in [9.17, 15) is 18.7 Å². The van der Waals surface area contributed by atoms with Gasteiger partial charge in [-0.15, -0.1) is 0 Å². The summed E-state index contributed by atoms with van der Waals surface area (Å²) in [4.78, 5) is 13.2. The van der Waals surface area contributed by atoms with Gasteiger partial charge in [-0.2, -0.15) is 0 Å². The monoisotopic (exact) mass is 356 g/mol. The first kappa shape index (κ1) is 19.6.